The van der Waals surface area contributed by atoms with Crippen molar-refractivity contribution in [1.82, 2.24) is 5.16 Å². The number of aliphatic hydroxyl groups is 1. The Bertz CT molecular complexity index is 446. The summed E-state index contributed by atoms with van der Waals surface area (Å²) in [5, 5.41) is 13.1. The summed E-state index contributed by atoms with van der Waals surface area (Å²) in [4.78, 5) is 0. The number of nitrogens with two attached hydrogens (primary N) is 1. The van der Waals surface area contributed by atoms with Crippen LogP contribution < -0.4 is 5.73 Å². The molecule has 0 radical (unpaired) electrons. The van der Waals surface area contributed by atoms with Crippen LogP contribution in [0.1, 0.15) is 18.6 Å². The zero-order chi connectivity index (χ0) is 10.8. The van der Waals surface area contributed by atoms with Crippen LogP contribution in [0.15, 0.2) is 34.9 Å². The van der Waals surface area contributed by atoms with Gasteiger partial charge in [-0.2, -0.15) is 0 Å². The second kappa shape index (κ2) is 3.74. The van der Waals surface area contributed by atoms with Crippen molar-refractivity contribution in [3.05, 3.63) is 35.9 Å². The maximum absolute atomic E-state index is 9.34. The first kappa shape index (κ1) is 9.73. The lowest BCUT2D eigenvalue weighted by atomic mass is 10.1. The van der Waals surface area contributed by atoms with Crippen molar-refractivity contribution in [3.8, 4) is 11.3 Å². The Morgan fingerprint density at radius 1 is 1.33 bits per heavy atom. The number of rotatable bonds is 2. The third-order valence-electron chi connectivity index (χ3n) is 2.22. The SMILES string of the molecule is CC(O)c1ccc(-c2cc(N)on2)cc1. The van der Waals surface area contributed by atoms with Crippen molar-refractivity contribution >= 4 is 5.88 Å². The van der Waals surface area contributed by atoms with E-state index in [4.69, 9.17) is 10.3 Å². The molecule has 78 valence electrons. The summed E-state index contributed by atoms with van der Waals surface area (Å²) in [6, 6.07) is 9.12. The maximum Gasteiger partial charge on any atom is 0.222 e. The van der Waals surface area contributed by atoms with Crippen molar-refractivity contribution in [2.24, 2.45) is 0 Å². The number of nitrogens with zero attached hydrogens (tertiary/aromatic N) is 1. The van der Waals surface area contributed by atoms with Gasteiger partial charge in [0.05, 0.1) is 6.10 Å². The van der Waals surface area contributed by atoms with Gasteiger partial charge in [-0.3, -0.25) is 0 Å². The van der Waals surface area contributed by atoms with Crippen LogP contribution in [0.2, 0.25) is 0 Å². The standard InChI is InChI=1S/C11H12N2O2/c1-7(14)8-2-4-9(5-3-8)10-6-11(12)15-13-10/h2-7,14H,12H2,1H3. The Hall–Kier alpha value is -1.81. The Morgan fingerprint density at radius 2 is 2.00 bits per heavy atom. The van der Waals surface area contributed by atoms with E-state index >= 15 is 0 Å². The number of hydrogen-bond acceptors (Lipinski definition) is 4. The van der Waals surface area contributed by atoms with Gasteiger partial charge in [0, 0.05) is 11.6 Å². The summed E-state index contributed by atoms with van der Waals surface area (Å²) < 4.78 is 4.77. The zero-order valence-corrected chi connectivity index (χ0v) is 8.34. The monoisotopic (exact) mass is 204 g/mol. The maximum atomic E-state index is 9.34. The van der Waals surface area contributed by atoms with Crippen LogP contribution >= 0.6 is 0 Å². The second-order valence-corrected chi connectivity index (χ2v) is 3.41. The summed E-state index contributed by atoms with van der Waals surface area (Å²) >= 11 is 0. The molecule has 1 aromatic carbocycles. The highest BCUT2D eigenvalue weighted by Gasteiger charge is 2.05. The summed E-state index contributed by atoms with van der Waals surface area (Å²) in [7, 11) is 0. The van der Waals surface area contributed by atoms with Gasteiger partial charge in [0.15, 0.2) is 0 Å². The van der Waals surface area contributed by atoms with Crippen molar-refractivity contribution < 1.29 is 9.63 Å². The number of aliphatic hydroxyl groups excluding tert-OH is 1. The molecule has 1 unspecified atom stereocenters. The highest BCUT2D eigenvalue weighted by atomic mass is 16.5. The molecule has 0 saturated heterocycles. The quantitative estimate of drug-likeness (QED) is 0.784. The molecular formula is C11H12N2O2. The topological polar surface area (TPSA) is 72.3 Å². The molecule has 0 fully saturated rings. The Balaban J connectivity index is 2.31. The van der Waals surface area contributed by atoms with E-state index in [1.54, 1.807) is 13.0 Å². The lowest BCUT2D eigenvalue weighted by Crippen LogP contribution is -1.89. The lowest BCUT2D eigenvalue weighted by molar-refractivity contribution is 0.199. The van der Waals surface area contributed by atoms with Crippen LogP contribution in [-0.4, -0.2) is 10.3 Å². The fourth-order valence-electron chi connectivity index (χ4n) is 1.36. The van der Waals surface area contributed by atoms with Gasteiger partial charge < -0.3 is 15.4 Å². The fraction of sp³-hybridized carbons (Fsp3) is 0.182. The van der Waals surface area contributed by atoms with Gasteiger partial charge in [-0.25, -0.2) is 0 Å². The summed E-state index contributed by atoms with van der Waals surface area (Å²) in [5.41, 5.74) is 7.91. The number of aromatic nitrogens is 1. The van der Waals surface area contributed by atoms with E-state index in [9.17, 15) is 5.11 Å². The number of anilines is 1. The molecule has 0 bridgehead atoms. The minimum Gasteiger partial charge on any atom is -0.389 e. The highest BCUT2D eigenvalue weighted by Crippen LogP contribution is 2.22. The Kier molecular flexibility index (Phi) is 2.43. The molecule has 0 amide bonds. The Morgan fingerprint density at radius 3 is 2.47 bits per heavy atom. The number of nitrogen functional groups attached to an aromatic ring is 1. The summed E-state index contributed by atoms with van der Waals surface area (Å²) in [5.74, 6) is 0.296. The predicted octanol–water partition coefficient (Wildman–Crippen LogP) is 1.98. The van der Waals surface area contributed by atoms with Crippen molar-refractivity contribution in [1.29, 1.82) is 0 Å². The summed E-state index contributed by atoms with van der Waals surface area (Å²) in [6.45, 7) is 1.73. The molecule has 0 saturated carbocycles. The molecular weight excluding hydrogens is 192 g/mol. The largest absolute Gasteiger partial charge is 0.389 e. The van der Waals surface area contributed by atoms with E-state index < -0.39 is 6.10 Å². The zero-order valence-electron chi connectivity index (χ0n) is 8.34. The average Bonchev–Trinajstić information content (AvgIpc) is 2.65. The van der Waals surface area contributed by atoms with E-state index in [-0.39, 0.29) is 0 Å². The normalized spacial score (nSPS) is 12.7. The molecule has 0 spiro atoms. The minimum atomic E-state index is -0.457. The molecule has 3 N–H and O–H groups in total. The van der Waals surface area contributed by atoms with Gasteiger partial charge in [0.2, 0.25) is 5.88 Å². The van der Waals surface area contributed by atoms with E-state index in [1.165, 1.54) is 0 Å². The molecule has 2 aromatic rings. The van der Waals surface area contributed by atoms with Crippen molar-refractivity contribution in [2.45, 2.75) is 13.0 Å². The smallest absolute Gasteiger partial charge is 0.222 e. The first-order chi connectivity index (χ1) is 7.16. The molecule has 0 aliphatic carbocycles. The van der Waals surface area contributed by atoms with Crippen molar-refractivity contribution in [3.63, 3.8) is 0 Å². The van der Waals surface area contributed by atoms with Gasteiger partial charge in [0.25, 0.3) is 0 Å². The van der Waals surface area contributed by atoms with Crippen LogP contribution in [0.4, 0.5) is 5.88 Å². The third kappa shape index (κ3) is 1.99. The van der Waals surface area contributed by atoms with Gasteiger partial charge in [-0.05, 0) is 12.5 Å². The fourth-order valence-corrected chi connectivity index (χ4v) is 1.36. The molecule has 1 aromatic heterocycles. The molecule has 2 rings (SSSR count). The second-order valence-electron chi connectivity index (χ2n) is 3.41. The first-order valence-corrected chi connectivity index (χ1v) is 4.67. The number of benzene rings is 1. The van der Waals surface area contributed by atoms with Gasteiger partial charge in [0.1, 0.15) is 5.69 Å². The predicted molar refractivity (Wildman–Crippen MR) is 57.0 cm³/mol. The lowest BCUT2D eigenvalue weighted by Gasteiger charge is -2.04. The minimum absolute atomic E-state index is 0.296. The average molecular weight is 204 g/mol. The molecule has 4 nitrogen and oxygen atoms in total. The third-order valence-corrected chi connectivity index (χ3v) is 2.22. The van der Waals surface area contributed by atoms with Crippen LogP contribution in [-0.2, 0) is 0 Å². The van der Waals surface area contributed by atoms with Crippen LogP contribution in [0.25, 0.3) is 11.3 Å². The van der Waals surface area contributed by atoms with E-state index in [2.05, 4.69) is 5.16 Å². The van der Waals surface area contributed by atoms with Gasteiger partial charge in [-0.15, -0.1) is 0 Å². The molecule has 0 aliphatic heterocycles. The molecule has 1 atom stereocenters. The van der Waals surface area contributed by atoms with Gasteiger partial charge >= 0.3 is 0 Å². The molecule has 4 heteroatoms. The molecule has 15 heavy (non-hydrogen) atoms. The van der Waals surface area contributed by atoms with Crippen LogP contribution in [0.5, 0.6) is 0 Å². The summed E-state index contributed by atoms with van der Waals surface area (Å²) in [6.07, 6.45) is -0.457. The van der Waals surface area contributed by atoms with E-state index in [0.717, 1.165) is 11.1 Å². The number of hydrogen-bond donors (Lipinski definition) is 2. The van der Waals surface area contributed by atoms with Gasteiger partial charge in [-0.1, -0.05) is 29.4 Å². The Labute approximate surface area is 87.3 Å². The molecule has 0 aliphatic rings. The van der Waals surface area contributed by atoms with Crippen LogP contribution in [0.3, 0.4) is 0 Å². The molecule has 1 heterocycles. The highest BCUT2D eigenvalue weighted by molar-refractivity contribution is 5.61. The first-order valence-electron chi connectivity index (χ1n) is 4.67. The van der Waals surface area contributed by atoms with Crippen LogP contribution in [0, 0.1) is 0 Å². The van der Waals surface area contributed by atoms with E-state index in [0.29, 0.717) is 11.6 Å². The van der Waals surface area contributed by atoms with E-state index in [1.807, 2.05) is 24.3 Å². The van der Waals surface area contributed by atoms with Crippen molar-refractivity contribution in [2.75, 3.05) is 5.73 Å².